The number of fused-ring (bicyclic) bond motifs is 1. The molecule has 23 heavy (non-hydrogen) atoms. The second kappa shape index (κ2) is 6.39. The summed E-state index contributed by atoms with van der Waals surface area (Å²) in [5, 5.41) is 20.2. The average Bonchev–Trinajstić information content (AvgIpc) is 3.00. The third kappa shape index (κ3) is 2.93. The average molecular weight is 324 g/mol. The maximum atomic E-state index is 9.52. The zero-order valence-corrected chi connectivity index (χ0v) is 13.3. The van der Waals surface area contributed by atoms with Crippen LogP contribution in [0, 0.1) is 23.2 Å². The Labute approximate surface area is 138 Å². The summed E-state index contributed by atoms with van der Waals surface area (Å²) in [4.78, 5) is 5.34. The minimum atomic E-state index is -0.179. The van der Waals surface area contributed by atoms with Gasteiger partial charge in [0.2, 0.25) is 0 Å². The summed E-state index contributed by atoms with van der Waals surface area (Å²) >= 11 is 1.51. The lowest BCUT2D eigenvalue weighted by Gasteiger charge is -2.24. The van der Waals surface area contributed by atoms with Gasteiger partial charge in [0.25, 0.3) is 0 Å². The molecule has 5 nitrogen and oxygen atoms in total. The van der Waals surface area contributed by atoms with Crippen molar-refractivity contribution in [1.29, 1.82) is 5.26 Å². The fraction of sp³-hybridized carbons (Fsp3) is 0.294. The molecule has 1 aliphatic carbocycles. The lowest BCUT2D eigenvalue weighted by atomic mass is 9.86. The van der Waals surface area contributed by atoms with Crippen LogP contribution >= 0.6 is 11.3 Å². The number of hydrogen-bond donors (Lipinski definition) is 3. The normalized spacial score (nSPS) is 16.1. The van der Waals surface area contributed by atoms with E-state index in [-0.39, 0.29) is 18.5 Å². The van der Waals surface area contributed by atoms with Crippen LogP contribution in [0.1, 0.15) is 28.8 Å². The van der Waals surface area contributed by atoms with E-state index in [9.17, 15) is 5.26 Å². The van der Waals surface area contributed by atoms with E-state index < -0.39 is 0 Å². The van der Waals surface area contributed by atoms with E-state index in [1.54, 1.807) is 0 Å². The molecule has 0 aromatic carbocycles. The molecule has 1 aliphatic rings. The first-order valence-corrected chi connectivity index (χ1v) is 8.17. The largest absolute Gasteiger partial charge is 0.384 e. The third-order valence-electron chi connectivity index (χ3n) is 3.90. The van der Waals surface area contributed by atoms with Crippen LogP contribution in [0.5, 0.6) is 0 Å². The molecule has 2 aromatic heterocycles. The Morgan fingerprint density at radius 1 is 1.48 bits per heavy atom. The van der Waals surface area contributed by atoms with Gasteiger partial charge in [0, 0.05) is 33.1 Å². The van der Waals surface area contributed by atoms with Gasteiger partial charge in [-0.25, -0.2) is 4.98 Å². The van der Waals surface area contributed by atoms with Gasteiger partial charge in [0.1, 0.15) is 24.1 Å². The molecule has 2 aromatic rings. The SMILES string of the molecule is N#Cc1c(N)nc2c(c1-c1cc(C#CCO)cs1)C[C@@H](N)CC2. The van der Waals surface area contributed by atoms with E-state index in [1.165, 1.54) is 11.3 Å². The third-order valence-corrected chi connectivity index (χ3v) is 4.85. The molecule has 1 atom stereocenters. The van der Waals surface area contributed by atoms with Crippen molar-refractivity contribution in [2.75, 3.05) is 12.3 Å². The lowest BCUT2D eigenvalue weighted by Crippen LogP contribution is -2.29. The number of nitrogens with two attached hydrogens (primary N) is 2. The first-order chi connectivity index (χ1) is 11.1. The van der Waals surface area contributed by atoms with Gasteiger partial charge >= 0.3 is 0 Å². The number of aryl methyl sites for hydroxylation is 1. The van der Waals surface area contributed by atoms with Crippen LogP contribution in [0.15, 0.2) is 11.4 Å². The summed E-state index contributed by atoms with van der Waals surface area (Å²) in [6.07, 6.45) is 2.35. The molecule has 0 unspecified atom stereocenters. The van der Waals surface area contributed by atoms with Gasteiger partial charge in [-0.05, 0) is 30.9 Å². The molecule has 0 saturated heterocycles. The summed E-state index contributed by atoms with van der Waals surface area (Å²) in [6.45, 7) is -0.179. The molecule has 6 heteroatoms. The van der Waals surface area contributed by atoms with Gasteiger partial charge in [-0.3, -0.25) is 0 Å². The topological polar surface area (TPSA) is 109 Å². The molecule has 0 fully saturated rings. The summed E-state index contributed by atoms with van der Waals surface area (Å²) < 4.78 is 0. The second-order valence-corrected chi connectivity index (χ2v) is 6.36. The van der Waals surface area contributed by atoms with E-state index in [2.05, 4.69) is 22.9 Å². The fourth-order valence-corrected chi connectivity index (χ4v) is 3.78. The van der Waals surface area contributed by atoms with Crippen LogP contribution in [-0.2, 0) is 12.8 Å². The van der Waals surface area contributed by atoms with Crippen molar-refractivity contribution < 1.29 is 5.11 Å². The number of aromatic nitrogens is 1. The van der Waals surface area contributed by atoms with Crippen molar-refractivity contribution in [2.24, 2.45) is 5.73 Å². The van der Waals surface area contributed by atoms with Crippen LogP contribution in [0.2, 0.25) is 0 Å². The number of nitrogens with zero attached hydrogens (tertiary/aromatic N) is 2. The molecule has 0 spiro atoms. The Hall–Kier alpha value is -2.38. The Bertz CT molecular complexity index is 854. The maximum Gasteiger partial charge on any atom is 0.142 e. The summed E-state index contributed by atoms with van der Waals surface area (Å²) in [5.74, 6) is 5.78. The van der Waals surface area contributed by atoms with Gasteiger partial charge in [-0.2, -0.15) is 5.26 Å². The fourth-order valence-electron chi connectivity index (χ4n) is 2.86. The van der Waals surface area contributed by atoms with Crippen LogP contribution in [-0.4, -0.2) is 22.7 Å². The van der Waals surface area contributed by atoms with Crippen LogP contribution < -0.4 is 11.5 Å². The number of hydrogen-bond acceptors (Lipinski definition) is 6. The number of aliphatic hydroxyl groups excluding tert-OH is 1. The molecule has 0 amide bonds. The van der Waals surface area contributed by atoms with Crippen LogP contribution in [0.25, 0.3) is 10.4 Å². The molecule has 3 rings (SSSR count). The van der Waals surface area contributed by atoms with Crippen molar-refractivity contribution >= 4 is 17.2 Å². The highest BCUT2D eigenvalue weighted by Gasteiger charge is 2.25. The van der Waals surface area contributed by atoms with Crippen LogP contribution in [0.3, 0.4) is 0 Å². The standard InChI is InChI=1S/C17H16N4OS/c18-8-13-16(15-6-10(9-23-15)2-1-5-22)12-7-11(19)3-4-14(12)21-17(13)20/h6,9,11,22H,3-5,7,19H2,(H2,20,21)/t11-/m0/s1. The summed E-state index contributed by atoms with van der Waals surface area (Å²) in [7, 11) is 0. The zero-order chi connectivity index (χ0) is 16.4. The number of nitriles is 1. The molecular weight excluding hydrogens is 308 g/mol. The Morgan fingerprint density at radius 3 is 3.04 bits per heavy atom. The predicted molar refractivity (Wildman–Crippen MR) is 90.6 cm³/mol. The molecule has 0 saturated carbocycles. The Balaban J connectivity index is 2.19. The number of pyridine rings is 1. The van der Waals surface area contributed by atoms with E-state index in [1.807, 2.05) is 11.4 Å². The highest BCUT2D eigenvalue weighted by atomic mass is 32.1. The first-order valence-electron chi connectivity index (χ1n) is 7.29. The van der Waals surface area contributed by atoms with Gasteiger partial charge in [-0.15, -0.1) is 11.3 Å². The highest BCUT2D eigenvalue weighted by molar-refractivity contribution is 7.13. The minimum absolute atomic E-state index is 0.0758. The van der Waals surface area contributed by atoms with E-state index in [0.29, 0.717) is 12.0 Å². The van der Waals surface area contributed by atoms with Crippen molar-refractivity contribution in [3.05, 3.63) is 33.8 Å². The highest BCUT2D eigenvalue weighted by Crippen LogP contribution is 2.38. The molecule has 0 radical (unpaired) electrons. The van der Waals surface area contributed by atoms with Gasteiger partial charge < -0.3 is 16.6 Å². The molecule has 0 bridgehead atoms. The molecule has 116 valence electrons. The van der Waals surface area contributed by atoms with E-state index >= 15 is 0 Å². The second-order valence-electron chi connectivity index (χ2n) is 5.45. The number of rotatable bonds is 1. The molecular formula is C17H16N4OS. The minimum Gasteiger partial charge on any atom is -0.384 e. The number of anilines is 1. The number of nitrogen functional groups attached to an aromatic ring is 1. The maximum absolute atomic E-state index is 9.52. The van der Waals surface area contributed by atoms with Crippen molar-refractivity contribution in [3.8, 4) is 28.4 Å². The molecule has 2 heterocycles. The zero-order valence-electron chi connectivity index (χ0n) is 12.5. The van der Waals surface area contributed by atoms with Crippen molar-refractivity contribution in [3.63, 3.8) is 0 Å². The van der Waals surface area contributed by atoms with Crippen molar-refractivity contribution in [1.82, 2.24) is 4.98 Å². The monoisotopic (exact) mass is 324 g/mol. The number of thiophene rings is 1. The molecule has 5 N–H and O–H groups in total. The smallest absolute Gasteiger partial charge is 0.142 e. The lowest BCUT2D eigenvalue weighted by molar-refractivity contribution is 0.350. The predicted octanol–water partition coefficient (Wildman–Crippen LogP) is 1.42. The molecule has 0 aliphatic heterocycles. The van der Waals surface area contributed by atoms with Gasteiger partial charge in [-0.1, -0.05) is 11.8 Å². The van der Waals surface area contributed by atoms with Crippen LogP contribution in [0.4, 0.5) is 5.82 Å². The quantitative estimate of drug-likeness (QED) is 0.687. The van der Waals surface area contributed by atoms with E-state index in [0.717, 1.165) is 40.1 Å². The first kappa shape index (κ1) is 15.5. The summed E-state index contributed by atoms with van der Waals surface area (Å²) in [5.41, 5.74) is 16.1. The summed E-state index contributed by atoms with van der Waals surface area (Å²) in [6, 6.07) is 4.18. The van der Waals surface area contributed by atoms with Gasteiger partial charge in [0.15, 0.2) is 0 Å². The van der Waals surface area contributed by atoms with Crippen molar-refractivity contribution in [2.45, 2.75) is 25.3 Å². The van der Waals surface area contributed by atoms with Gasteiger partial charge in [0.05, 0.1) is 0 Å². The van der Waals surface area contributed by atoms with E-state index in [4.69, 9.17) is 16.6 Å². The number of aliphatic hydroxyl groups is 1. The Morgan fingerprint density at radius 2 is 2.30 bits per heavy atom. The Kier molecular flexibility index (Phi) is 4.31.